The Morgan fingerprint density at radius 2 is 2.17 bits per heavy atom. The van der Waals surface area contributed by atoms with Crippen molar-refractivity contribution in [3.05, 3.63) is 46.1 Å². The van der Waals surface area contributed by atoms with Crippen molar-refractivity contribution in [3.8, 4) is 12.3 Å². The van der Waals surface area contributed by atoms with Crippen LogP contribution in [0.1, 0.15) is 5.56 Å². The summed E-state index contributed by atoms with van der Waals surface area (Å²) in [6, 6.07) is 7.35. The zero-order chi connectivity index (χ0) is 16.7. The topological polar surface area (TPSA) is 113 Å². The summed E-state index contributed by atoms with van der Waals surface area (Å²) in [5.41, 5.74) is 1.35. The largest absolute Gasteiger partial charge is 0.396 e. The summed E-state index contributed by atoms with van der Waals surface area (Å²) < 4.78 is 0. The molecule has 0 aliphatic heterocycles. The van der Waals surface area contributed by atoms with Crippen LogP contribution in [0.3, 0.4) is 0 Å². The SMILES string of the molecule is C#CCNc1nc(Nc2ccccc2CCO)ncc1[N+](=O)[O-]. The summed E-state index contributed by atoms with van der Waals surface area (Å²) in [4.78, 5) is 18.4. The van der Waals surface area contributed by atoms with E-state index in [1.54, 1.807) is 0 Å². The second-order valence-electron chi connectivity index (χ2n) is 4.50. The normalized spacial score (nSPS) is 9.91. The highest BCUT2D eigenvalue weighted by atomic mass is 16.6. The Bertz CT molecular complexity index is 742. The Kier molecular flexibility index (Phi) is 5.44. The first kappa shape index (κ1) is 16.2. The summed E-state index contributed by atoms with van der Waals surface area (Å²) in [7, 11) is 0. The summed E-state index contributed by atoms with van der Waals surface area (Å²) in [6.07, 6.45) is 6.74. The van der Waals surface area contributed by atoms with Gasteiger partial charge in [-0.15, -0.1) is 6.42 Å². The molecule has 0 spiro atoms. The number of hydrogen-bond donors (Lipinski definition) is 3. The van der Waals surface area contributed by atoms with Crippen LogP contribution in [0.15, 0.2) is 30.5 Å². The fraction of sp³-hybridized carbons (Fsp3) is 0.200. The summed E-state index contributed by atoms with van der Waals surface area (Å²) in [5, 5.41) is 25.8. The second kappa shape index (κ2) is 7.72. The van der Waals surface area contributed by atoms with E-state index in [2.05, 4.69) is 26.5 Å². The lowest BCUT2D eigenvalue weighted by Gasteiger charge is -2.11. The third kappa shape index (κ3) is 4.15. The molecule has 8 nitrogen and oxygen atoms in total. The van der Waals surface area contributed by atoms with E-state index in [0.717, 1.165) is 17.4 Å². The number of hydrogen-bond acceptors (Lipinski definition) is 7. The molecule has 1 heterocycles. The predicted molar refractivity (Wildman–Crippen MR) is 86.5 cm³/mol. The van der Waals surface area contributed by atoms with Gasteiger partial charge in [-0.1, -0.05) is 24.1 Å². The van der Waals surface area contributed by atoms with Crippen molar-refractivity contribution in [1.29, 1.82) is 0 Å². The van der Waals surface area contributed by atoms with Gasteiger partial charge in [-0.25, -0.2) is 4.98 Å². The van der Waals surface area contributed by atoms with Crippen molar-refractivity contribution < 1.29 is 10.0 Å². The van der Waals surface area contributed by atoms with Crippen LogP contribution in [0.2, 0.25) is 0 Å². The highest BCUT2D eigenvalue weighted by molar-refractivity contribution is 5.63. The Morgan fingerprint density at radius 1 is 1.39 bits per heavy atom. The fourth-order valence-electron chi connectivity index (χ4n) is 1.94. The minimum absolute atomic E-state index is 0.00872. The number of para-hydroxylation sites is 1. The number of aromatic nitrogens is 2. The van der Waals surface area contributed by atoms with Crippen molar-refractivity contribution in [3.63, 3.8) is 0 Å². The number of nitro groups is 1. The molecule has 2 rings (SSSR count). The van der Waals surface area contributed by atoms with Crippen LogP contribution in [0, 0.1) is 22.5 Å². The molecule has 0 fully saturated rings. The van der Waals surface area contributed by atoms with Gasteiger partial charge in [-0.05, 0) is 18.1 Å². The summed E-state index contributed by atoms with van der Waals surface area (Å²) >= 11 is 0. The maximum absolute atomic E-state index is 11.0. The quantitative estimate of drug-likeness (QED) is 0.405. The maximum Gasteiger partial charge on any atom is 0.329 e. The van der Waals surface area contributed by atoms with E-state index in [1.807, 2.05) is 24.3 Å². The fourth-order valence-corrected chi connectivity index (χ4v) is 1.94. The van der Waals surface area contributed by atoms with Gasteiger partial charge < -0.3 is 15.7 Å². The smallest absolute Gasteiger partial charge is 0.329 e. The number of aliphatic hydroxyl groups is 1. The molecule has 0 amide bonds. The van der Waals surface area contributed by atoms with Gasteiger partial charge in [0.15, 0.2) is 0 Å². The first-order chi connectivity index (χ1) is 11.2. The van der Waals surface area contributed by atoms with E-state index in [4.69, 9.17) is 11.5 Å². The monoisotopic (exact) mass is 313 g/mol. The van der Waals surface area contributed by atoms with Gasteiger partial charge in [0.2, 0.25) is 11.8 Å². The molecule has 3 N–H and O–H groups in total. The number of rotatable bonds is 7. The van der Waals surface area contributed by atoms with Crippen LogP contribution in [-0.4, -0.2) is 33.1 Å². The zero-order valence-electron chi connectivity index (χ0n) is 12.2. The van der Waals surface area contributed by atoms with E-state index in [0.29, 0.717) is 6.42 Å². The van der Waals surface area contributed by atoms with Gasteiger partial charge in [-0.3, -0.25) is 10.1 Å². The molecular weight excluding hydrogens is 298 g/mol. The lowest BCUT2D eigenvalue weighted by atomic mass is 10.1. The average Bonchev–Trinajstić information content (AvgIpc) is 2.55. The number of aliphatic hydroxyl groups excluding tert-OH is 1. The number of nitrogens with one attached hydrogen (secondary N) is 2. The number of nitrogens with zero attached hydrogens (tertiary/aromatic N) is 3. The summed E-state index contributed by atoms with van der Waals surface area (Å²) in [5.74, 6) is 2.58. The van der Waals surface area contributed by atoms with Gasteiger partial charge in [-0.2, -0.15) is 4.98 Å². The maximum atomic E-state index is 11.0. The van der Waals surface area contributed by atoms with Crippen molar-refractivity contribution >= 4 is 23.1 Å². The van der Waals surface area contributed by atoms with Crippen LogP contribution in [0.5, 0.6) is 0 Å². The van der Waals surface area contributed by atoms with E-state index in [1.165, 1.54) is 0 Å². The lowest BCUT2D eigenvalue weighted by Crippen LogP contribution is -2.08. The second-order valence-corrected chi connectivity index (χ2v) is 4.50. The standard InChI is InChI=1S/C15H15N5O3/c1-2-8-16-14-13(20(22)23)10-17-15(19-14)18-12-6-4-3-5-11(12)7-9-21/h1,3-6,10,21H,7-9H2,(H2,16,17,18,19). The van der Waals surface area contributed by atoms with Gasteiger partial charge in [0.25, 0.3) is 0 Å². The molecule has 118 valence electrons. The molecular formula is C15H15N5O3. The molecule has 0 radical (unpaired) electrons. The molecule has 2 aromatic rings. The first-order valence-electron chi connectivity index (χ1n) is 6.80. The molecule has 0 atom stereocenters. The zero-order valence-corrected chi connectivity index (χ0v) is 12.2. The van der Waals surface area contributed by atoms with Gasteiger partial charge in [0, 0.05) is 12.3 Å². The Morgan fingerprint density at radius 3 is 2.87 bits per heavy atom. The minimum atomic E-state index is -0.581. The van der Waals surface area contributed by atoms with Crippen LogP contribution >= 0.6 is 0 Å². The van der Waals surface area contributed by atoms with E-state index < -0.39 is 4.92 Å². The van der Waals surface area contributed by atoms with Crippen LogP contribution in [0.4, 0.5) is 23.1 Å². The molecule has 0 bridgehead atoms. The number of benzene rings is 1. The van der Waals surface area contributed by atoms with Crippen molar-refractivity contribution in [2.45, 2.75) is 6.42 Å². The lowest BCUT2D eigenvalue weighted by molar-refractivity contribution is -0.384. The Labute approximate surface area is 132 Å². The van der Waals surface area contributed by atoms with Gasteiger partial charge in [0.05, 0.1) is 11.5 Å². The van der Waals surface area contributed by atoms with E-state index >= 15 is 0 Å². The highest BCUT2D eigenvalue weighted by Gasteiger charge is 2.17. The third-order valence-corrected chi connectivity index (χ3v) is 2.97. The molecule has 0 unspecified atom stereocenters. The molecule has 1 aromatic heterocycles. The number of terminal acetylenes is 1. The van der Waals surface area contributed by atoms with Crippen LogP contribution in [-0.2, 0) is 6.42 Å². The third-order valence-electron chi connectivity index (χ3n) is 2.97. The molecule has 0 aliphatic rings. The molecule has 1 aromatic carbocycles. The van der Waals surface area contributed by atoms with Crippen molar-refractivity contribution in [2.75, 3.05) is 23.8 Å². The van der Waals surface area contributed by atoms with Crippen LogP contribution < -0.4 is 10.6 Å². The van der Waals surface area contributed by atoms with E-state index in [9.17, 15) is 10.1 Å². The molecule has 0 aliphatic carbocycles. The van der Waals surface area contributed by atoms with Crippen molar-refractivity contribution in [2.24, 2.45) is 0 Å². The first-order valence-corrected chi connectivity index (χ1v) is 6.80. The summed E-state index contributed by atoms with van der Waals surface area (Å²) in [6.45, 7) is 0.118. The molecule has 23 heavy (non-hydrogen) atoms. The van der Waals surface area contributed by atoms with E-state index in [-0.39, 0.29) is 30.6 Å². The predicted octanol–water partition coefficient (Wildman–Crippen LogP) is 1.71. The molecule has 8 heteroatoms. The Hall–Kier alpha value is -3.18. The van der Waals surface area contributed by atoms with Gasteiger partial charge >= 0.3 is 5.69 Å². The number of anilines is 3. The highest BCUT2D eigenvalue weighted by Crippen LogP contribution is 2.24. The van der Waals surface area contributed by atoms with Crippen molar-refractivity contribution in [1.82, 2.24) is 9.97 Å². The Balaban J connectivity index is 2.30. The molecule has 0 saturated carbocycles. The minimum Gasteiger partial charge on any atom is -0.396 e. The molecule has 0 saturated heterocycles. The average molecular weight is 313 g/mol. The van der Waals surface area contributed by atoms with Gasteiger partial charge in [0.1, 0.15) is 6.20 Å². The van der Waals surface area contributed by atoms with Crippen LogP contribution in [0.25, 0.3) is 0 Å².